The zero-order chi connectivity index (χ0) is 18.3. The van der Waals surface area contributed by atoms with Gasteiger partial charge < -0.3 is 9.47 Å². The highest BCUT2D eigenvalue weighted by atomic mass is 35.5. The first-order valence-corrected chi connectivity index (χ1v) is 9.09. The van der Waals surface area contributed by atoms with Crippen LogP contribution in [0.1, 0.15) is 23.7 Å². The number of benzene rings is 2. The number of aromatic nitrogens is 2. The summed E-state index contributed by atoms with van der Waals surface area (Å²) in [6.45, 7) is 7.16. The lowest BCUT2D eigenvalue weighted by atomic mass is 10.1. The molecule has 0 spiro atoms. The number of carbonyl (C=O) groups is 1. The highest BCUT2D eigenvalue weighted by molar-refractivity contribution is 6.31. The summed E-state index contributed by atoms with van der Waals surface area (Å²) in [5.74, 6) is 1.10. The number of aryl methyl sites for hydroxylation is 1. The molecule has 1 aliphatic heterocycles. The molecule has 1 saturated heterocycles. The number of imidazole rings is 1. The van der Waals surface area contributed by atoms with Gasteiger partial charge in [-0.25, -0.2) is 4.98 Å². The second kappa shape index (κ2) is 6.61. The second-order valence-electron chi connectivity index (χ2n) is 6.69. The third-order valence-electron chi connectivity index (χ3n) is 4.95. The number of anilines is 1. The van der Waals surface area contributed by atoms with E-state index in [0.717, 1.165) is 28.1 Å². The smallest absolute Gasteiger partial charge is 0.227 e. The molecule has 1 aliphatic rings. The van der Waals surface area contributed by atoms with E-state index < -0.39 is 0 Å². The monoisotopic (exact) mass is 365 g/mol. The average Bonchev–Trinajstić information content (AvgIpc) is 3.18. The van der Waals surface area contributed by atoms with E-state index in [1.54, 1.807) is 0 Å². The van der Waals surface area contributed by atoms with Gasteiger partial charge in [0.15, 0.2) is 0 Å². The molecule has 2 aromatic carbocycles. The molecule has 1 fully saturated rings. The number of halogens is 1. The summed E-state index contributed by atoms with van der Waals surface area (Å²) in [6, 6.07) is 13.7. The van der Waals surface area contributed by atoms with Gasteiger partial charge >= 0.3 is 0 Å². The Hall–Kier alpha value is -2.59. The molecule has 5 heteroatoms. The van der Waals surface area contributed by atoms with Crippen LogP contribution in [-0.4, -0.2) is 22.0 Å². The predicted molar refractivity (Wildman–Crippen MR) is 106 cm³/mol. The van der Waals surface area contributed by atoms with Gasteiger partial charge in [0.1, 0.15) is 5.82 Å². The lowest BCUT2D eigenvalue weighted by Crippen LogP contribution is -2.25. The lowest BCUT2D eigenvalue weighted by molar-refractivity contribution is -0.117. The molecule has 26 heavy (non-hydrogen) atoms. The lowest BCUT2D eigenvalue weighted by Gasteiger charge is -2.19. The van der Waals surface area contributed by atoms with E-state index in [0.29, 0.717) is 24.5 Å². The molecule has 0 unspecified atom stereocenters. The summed E-state index contributed by atoms with van der Waals surface area (Å²) >= 11 is 6.15. The number of hydrogen-bond donors (Lipinski definition) is 0. The van der Waals surface area contributed by atoms with Gasteiger partial charge in [-0.15, -0.1) is 6.58 Å². The summed E-state index contributed by atoms with van der Waals surface area (Å²) < 4.78 is 2.16. The first-order valence-electron chi connectivity index (χ1n) is 8.71. The minimum atomic E-state index is 0.0493. The Balaban J connectivity index is 1.73. The first-order chi connectivity index (χ1) is 12.6. The van der Waals surface area contributed by atoms with Gasteiger partial charge in [-0.2, -0.15) is 0 Å². The third kappa shape index (κ3) is 2.80. The zero-order valence-electron chi connectivity index (χ0n) is 14.7. The molecule has 0 N–H and O–H groups in total. The predicted octanol–water partition coefficient (Wildman–Crippen LogP) is 4.70. The minimum Gasteiger partial charge on any atom is -0.324 e. The van der Waals surface area contributed by atoms with Crippen LogP contribution >= 0.6 is 11.6 Å². The molecule has 132 valence electrons. The van der Waals surface area contributed by atoms with Gasteiger partial charge in [0.25, 0.3) is 0 Å². The number of hydrogen-bond acceptors (Lipinski definition) is 2. The van der Waals surface area contributed by atoms with Crippen LogP contribution in [0.15, 0.2) is 55.1 Å². The Morgan fingerprint density at radius 3 is 2.92 bits per heavy atom. The number of fused-ring (bicyclic) bond motifs is 1. The first kappa shape index (κ1) is 16.9. The van der Waals surface area contributed by atoms with Crippen molar-refractivity contribution in [3.05, 3.63) is 71.5 Å². The van der Waals surface area contributed by atoms with Crippen molar-refractivity contribution in [2.75, 3.05) is 11.4 Å². The van der Waals surface area contributed by atoms with Crippen molar-refractivity contribution in [2.45, 2.75) is 25.8 Å². The highest BCUT2D eigenvalue weighted by Crippen LogP contribution is 2.35. The molecule has 1 amide bonds. The van der Waals surface area contributed by atoms with Crippen LogP contribution in [0.3, 0.4) is 0 Å². The highest BCUT2D eigenvalue weighted by Gasteiger charge is 2.35. The number of para-hydroxylation sites is 2. The van der Waals surface area contributed by atoms with Crippen LogP contribution in [0.25, 0.3) is 11.0 Å². The quantitative estimate of drug-likeness (QED) is 0.628. The maximum Gasteiger partial charge on any atom is 0.227 e. The van der Waals surface area contributed by atoms with E-state index >= 15 is 0 Å². The molecule has 4 rings (SSSR count). The minimum absolute atomic E-state index is 0.0493. The molecule has 3 aromatic rings. The standard InChI is InChI=1S/C21H20ClN3O/c1-3-10-24-18-7-5-4-6-17(18)23-21(24)15-11-20(26)25(13-15)19-12-16(22)9-8-14(19)2/h3-9,12,15H,1,10-11,13H2,2H3/t15-/m0/s1. The molecule has 0 radical (unpaired) electrons. The number of nitrogens with zero attached hydrogens (tertiary/aromatic N) is 3. The number of carbonyl (C=O) groups excluding carboxylic acids is 1. The zero-order valence-corrected chi connectivity index (χ0v) is 15.4. The summed E-state index contributed by atoms with van der Waals surface area (Å²) in [6.07, 6.45) is 2.32. The number of allylic oxidation sites excluding steroid dienone is 1. The Morgan fingerprint density at radius 1 is 1.31 bits per heavy atom. The van der Waals surface area contributed by atoms with Crippen molar-refractivity contribution in [3.8, 4) is 0 Å². The van der Waals surface area contributed by atoms with E-state index in [9.17, 15) is 4.79 Å². The summed E-state index contributed by atoms with van der Waals surface area (Å²) in [7, 11) is 0. The van der Waals surface area contributed by atoms with E-state index in [-0.39, 0.29) is 11.8 Å². The van der Waals surface area contributed by atoms with Crippen molar-refractivity contribution in [1.82, 2.24) is 9.55 Å². The van der Waals surface area contributed by atoms with Crippen molar-refractivity contribution in [3.63, 3.8) is 0 Å². The Labute approximate surface area is 157 Å². The van der Waals surface area contributed by atoms with E-state index in [4.69, 9.17) is 16.6 Å². The Bertz CT molecular complexity index is 1010. The molecule has 2 heterocycles. The van der Waals surface area contributed by atoms with E-state index in [2.05, 4.69) is 17.2 Å². The summed E-state index contributed by atoms with van der Waals surface area (Å²) in [4.78, 5) is 19.4. The van der Waals surface area contributed by atoms with Crippen molar-refractivity contribution in [2.24, 2.45) is 0 Å². The molecule has 1 atom stereocenters. The maximum absolute atomic E-state index is 12.7. The van der Waals surface area contributed by atoms with Gasteiger partial charge in [-0.05, 0) is 36.8 Å². The third-order valence-corrected chi connectivity index (χ3v) is 5.18. The molecule has 0 aliphatic carbocycles. The summed E-state index contributed by atoms with van der Waals surface area (Å²) in [5.41, 5.74) is 3.96. The molecular formula is C21H20ClN3O. The molecule has 1 aromatic heterocycles. The topological polar surface area (TPSA) is 38.1 Å². The fraction of sp³-hybridized carbons (Fsp3) is 0.238. The molecule has 4 nitrogen and oxygen atoms in total. The molecule has 0 bridgehead atoms. The second-order valence-corrected chi connectivity index (χ2v) is 7.13. The van der Waals surface area contributed by atoms with Crippen LogP contribution in [0.5, 0.6) is 0 Å². The fourth-order valence-corrected chi connectivity index (χ4v) is 3.88. The van der Waals surface area contributed by atoms with E-state index in [1.165, 1.54) is 0 Å². The SMILES string of the molecule is C=CCn1c([C@H]2CC(=O)N(c3cc(Cl)ccc3C)C2)nc2ccccc21. The van der Waals surface area contributed by atoms with Crippen molar-refractivity contribution in [1.29, 1.82) is 0 Å². The van der Waals surface area contributed by atoms with Crippen LogP contribution in [0.2, 0.25) is 5.02 Å². The van der Waals surface area contributed by atoms with Crippen LogP contribution < -0.4 is 4.90 Å². The van der Waals surface area contributed by atoms with Gasteiger partial charge in [0.2, 0.25) is 5.91 Å². The fourth-order valence-electron chi connectivity index (χ4n) is 3.71. The average molecular weight is 366 g/mol. The normalized spacial score (nSPS) is 17.2. The van der Waals surface area contributed by atoms with Crippen LogP contribution in [0.4, 0.5) is 5.69 Å². The van der Waals surface area contributed by atoms with Gasteiger partial charge in [0.05, 0.1) is 11.0 Å². The Kier molecular flexibility index (Phi) is 4.29. The Morgan fingerprint density at radius 2 is 2.12 bits per heavy atom. The van der Waals surface area contributed by atoms with Crippen molar-refractivity contribution >= 4 is 34.2 Å². The number of amides is 1. The number of rotatable bonds is 4. The van der Waals surface area contributed by atoms with Crippen LogP contribution in [0, 0.1) is 6.92 Å². The van der Waals surface area contributed by atoms with Gasteiger partial charge in [-0.3, -0.25) is 4.79 Å². The van der Waals surface area contributed by atoms with Crippen molar-refractivity contribution < 1.29 is 4.79 Å². The summed E-state index contributed by atoms with van der Waals surface area (Å²) in [5, 5.41) is 0.640. The maximum atomic E-state index is 12.7. The van der Waals surface area contributed by atoms with Gasteiger partial charge in [0, 0.05) is 36.1 Å². The van der Waals surface area contributed by atoms with Gasteiger partial charge in [-0.1, -0.05) is 35.9 Å². The molecular weight excluding hydrogens is 346 g/mol. The van der Waals surface area contributed by atoms with E-state index in [1.807, 2.05) is 54.3 Å². The molecule has 0 saturated carbocycles. The largest absolute Gasteiger partial charge is 0.324 e. The van der Waals surface area contributed by atoms with Crippen LogP contribution in [-0.2, 0) is 11.3 Å².